The highest BCUT2D eigenvalue weighted by Gasteiger charge is 2.19. The first-order valence-electron chi connectivity index (χ1n) is 7.34. The zero-order valence-corrected chi connectivity index (χ0v) is 13.6. The second-order valence-corrected chi connectivity index (χ2v) is 5.95. The normalized spacial score (nSPS) is 10.6. The fourth-order valence-electron chi connectivity index (χ4n) is 2.23. The highest BCUT2D eigenvalue weighted by molar-refractivity contribution is 7.19. The molecule has 122 valence electrons. The fourth-order valence-corrected chi connectivity index (χ4v) is 3.20. The van der Waals surface area contributed by atoms with Crippen molar-refractivity contribution in [2.24, 2.45) is 0 Å². The van der Waals surface area contributed by atoms with E-state index >= 15 is 0 Å². The summed E-state index contributed by atoms with van der Waals surface area (Å²) in [5.41, 5.74) is 1.83. The lowest BCUT2D eigenvalue weighted by Crippen LogP contribution is -2.13. The summed E-state index contributed by atoms with van der Waals surface area (Å²) >= 11 is 1.35. The number of carbonyl (C=O) groups excluding carboxylic acids is 1. The Balaban J connectivity index is 1.71. The number of pyridine rings is 1. The Kier molecular flexibility index (Phi) is 4.01. The molecule has 0 aliphatic carbocycles. The number of hydrogen-bond donors (Lipinski definition) is 1. The first-order chi connectivity index (χ1) is 12.3. The van der Waals surface area contributed by atoms with Crippen LogP contribution in [0.3, 0.4) is 0 Å². The minimum Gasteiger partial charge on any atom is -0.463 e. The van der Waals surface area contributed by atoms with Gasteiger partial charge in [0.25, 0.3) is 5.91 Å². The monoisotopic (exact) mass is 349 g/mol. The van der Waals surface area contributed by atoms with Crippen LogP contribution in [0.1, 0.15) is 10.5 Å². The Morgan fingerprint density at radius 1 is 1.08 bits per heavy atom. The molecular formula is C17H11N5O2S. The molecule has 25 heavy (non-hydrogen) atoms. The molecule has 4 aromatic rings. The molecule has 4 rings (SSSR count). The van der Waals surface area contributed by atoms with Gasteiger partial charge in [-0.3, -0.25) is 20.1 Å². The summed E-state index contributed by atoms with van der Waals surface area (Å²) in [5.74, 6) is 0.261. The Bertz CT molecular complexity index is 985. The number of hydrogen-bond acceptors (Lipinski definition) is 7. The number of anilines is 1. The van der Waals surface area contributed by atoms with E-state index in [0.29, 0.717) is 16.6 Å². The van der Waals surface area contributed by atoms with Crippen LogP contribution >= 0.6 is 11.3 Å². The van der Waals surface area contributed by atoms with E-state index in [0.717, 1.165) is 10.4 Å². The lowest BCUT2D eigenvalue weighted by Gasteiger charge is -1.99. The summed E-state index contributed by atoms with van der Waals surface area (Å²) in [5, 5.41) is 3.21. The maximum atomic E-state index is 12.3. The topological polar surface area (TPSA) is 93.8 Å². The van der Waals surface area contributed by atoms with Crippen LogP contribution in [-0.2, 0) is 0 Å². The summed E-state index contributed by atoms with van der Waals surface area (Å²) in [6.45, 7) is 0. The van der Waals surface area contributed by atoms with Gasteiger partial charge in [0.1, 0.15) is 11.4 Å². The van der Waals surface area contributed by atoms with Gasteiger partial charge in [0, 0.05) is 24.8 Å². The zero-order valence-electron chi connectivity index (χ0n) is 12.8. The smallest absolute Gasteiger partial charge is 0.277 e. The van der Waals surface area contributed by atoms with Crippen molar-refractivity contribution in [1.29, 1.82) is 0 Å². The van der Waals surface area contributed by atoms with Gasteiger partial charge < -0.3 is 4.42 Å². The van der Waals surface area contributed by atoms with Gasteiger partial charge in [-0.05, 0) is 29.8 Å². The van der Waals surface area contributed by atoms with Gasteiger partial charge in [-0.1, -0.05) is 11.3 Å². The van der Waals surface area contributed by atoms with Crippen LogP contribution in [0, 0.1) is 0 Å². The Hall–Kier alpha value is -3.39. The number of amides is 1. The van der Waals surface area contributed by atoms with E-state index < -0.39 is 0 Å². The molecule has 0 radical (unpaired) electrons. The zero-order chi connectivity index (χ0) is 17.1. The van der Waals surface area contributed by atoms with Gasteiger partial charge in [0.15, 0.2) is 10.9 Å². The third kappa shape index (κ3) is 3.15. The molecule has 0 atom stereocenters. The van der Waals surface area contributed by atoms with Gasteiger partial charge in [0.05, 0.1) is 17.3 Å². The van der Waals surface area contributed by atoms with E-state index in [1.165, 1.54) is 29.9 Å². The number of thiazole rings is 1. The average Bonchev–Trinajstić information content (AvgIpc) is 3.33. The minimum absolute atomic E-state index is 0.225. The quantitative estimate of drug-likeness (QED) is 0.606. The fraction of sp³-hybridized carbons (Fsp3) is 0. The first-order valence-corrected chi connectivity index (χ1v) is 8.15. The predicted octanol–water partition coefficient (Wildman–Crippen LogP) is 3.51. The third-order valence-electron chi connectivity index (χ3n) is 3.34. The average molecular weight is 349 g/mol. The molecule has 0 saturated heterocycles. The number of aromatic nitrogens is 4. The van der Waals surface area contributed by atoms with E-state index in [4.69, 9.17) is 4.42 Å². The minimum atomic E-state index is -0.367. The molecule has 0 aromatic carbocycles. The van der Waals surface area contributed by atoms with E-state index in [1.807, 2.05) is 18.2 Å². The van der Waals surface area contributed by atoms with Gasteiger partial charge in [-0.25, -0.2) is 9.97 Å². The second-order valence-electron chi connectivity index (χ2n) is 4.95. The van der Waals surface area contributed by atoms with E-state index in [2.05, 4.69) is 25.3 Å². The van der Waals surface area contributed by atoms with Crippen molar-refractivity contribution < 1.29 is 9.21 Å². The summed E-state index contributed by atoms with van der Waals surface area (Å²) in [7, 11) is 0. The van der Waals surface area contributed by atoms with Crippen molar-refractivity contribution >= 4 is 22.4 Å². The van der Waals surface area contributed by atoms with E-state index in [-0.39, 0.29) is 11.6 Å². The Labute approximate surface area is 146 Å². The molecule has 0 spiro atoms. The number of nitrogens with one attached hydrogen (secondary N) is 1. The van der Waals surface area contributed by atoms with Crippen LogP contribution in [0.2, 0.25) is 0 Å². The largest absolute Gasteiger partial charge is 0.463 e. The van der Waals surface area contributed by atoms with Crippen molar-refractivity contribution in [3.63, 3.8) is 0 Å². The maximum Gasteiger partial charge on any atom is 0.277 e. The van der Waals surface area contributed by atoms with Crippen LogP contribution < -0.4 is 5.32 Å². The summed E-state index contributed by atoms with van der Waals surface area (Å²) < 4.78 is 5.48. The number of nitrogens with zero attached hydrogens (tertiary/aromatic N) is 4. The van der Waals surface area contributed by atoms with Crippen LogP contribution in [0.5, 0.6) is 0 Å². The molecular weight excluding hydrogens is 338 g/mol. The first kappa shape index (κ1) is 15.2. The third-order valence-corrected chi connectivity index (χ3v) is 4.36. The standard InChI is InChI=1S/C17H11N5O2S/c23-16(12-10-19-7-8-20-12)22-17-21-14(13-2-1-9-24-13)15(25-17)11-3-5-18-6-4-11/h1-10H,(H,21,22,23). The number of carbonyl (C=O) groups is 1. The molecule has 1 N–H and O–H groups in total. The molecule has 0 aliphatic heterocycles. The van der Waals surface area contributed by atoms with Crippen molar-refractivity contribution in [2.45, 2.75) is 0 Å². The van der Waals surface area contributed by atoms with Crippen molar-refractivity contribution in [2.75, 3.05) is 5.32 Å². The van der Waals surface area contributed by atoms with Crippen LogP contribution in [-0.4, -0.2) is 25.8 Å². The molecule has 4 heterocycles. The molecule has 0 bridgehead atoms. The summed E-state index contributed by atoms with van der Waals surface area (Å²) in [6.07, 6.45) is 9.38. The van der Waals surface area contributed by atoms with Gasteiger partial charge in [-0.15, -0.1) is 0 Å². The highest BCUT2D eigenvalue weighted by Crippen LogP contribution is 2.39. The molecule has 4 aromatic heterocycles. The van der Waals surface area contributed by atoms with Gasteiger partial charge in [0.2, 0.25) is 0 Å². The van der Waals surface area contributed by atoms with Crippen LogP contribution in [0.4, 0.5) is 5.13 Å². The lowest BCUT2D eigenvalue weighted by molar-refractivity contribution is 0.102. The highest BCUT2D eigenvalue weighted by atomic mass is 32.1. The van der Waals surface area contributed by atoms with Crippen LogP contribution in [0.15, 0.2) is 65.9 Å². The Morgan fingerprint density at radius 3 is 2.68 bits per heavy atom. The van der Waals surface area contributed by atoms with Crippen molar-refractivity contribution in [1.82, 2.24) is 19.9 Å². The van der Waals surface area contributed by atoms with E-state index in [1.54, 1.807) is 24.7 Å². The SMILES string of the molecule is O=C(Nc1nc(-c2ccco2)c(-c2ccncc2)s1)c1cnccn1. The number of furan rings is 1. The summed E-state index contributed by atoms with van der Waals surface area (Å²) in [6, 6.07) is 7.39. The Morgan fingerprint density at radius 2 is 1.96 bits per heavy atom. The molecule has 0 aliphatic rings. The molecule has 1 amide bonds. The van der Waals surface area contributed by atoms with Gasteiger partial charge >= 0.3 is 0 Å². The number of rotatable bonds is 4. The molecule has 8 heteroatoms. The molecule has 0 unspecified atom stereocenters. The van der Waals surface area contributed by atoms with E-state index in [9.17, 15) is 4.79 Å². The molecule has 0 saturated carbocycles. The maximum absolute atomic E-state index is 12.3. The van der Waals surface area contributed by atoms with Crippen molar-refractivity contribution in [3.8, 4) is 21.9 Å². The lowest BCUT2D eigenvalue weighted by atomic mass is 10.2. The predicted molar refractivity (Wildman–Crippen MR) is 93.0 cm³/mol. The second kappa shape index (κ2) is 6.62. The summed E-state index contributed by atoms with van der Waals surface area (Å²) in [4.78, 5) is 29.6. The van der Waals surface area contributed by atoms with Crippen LogP contribution in [0.25, 0.3) is 21.9 Å². The van der Waals surface area contributed by atoms with Gasteiger partial charge in [-0.2, -0.15) is 0 Å². The molecule has 7 nitrogen and oxygen atoms in total. The van der Waals surface area contributed by atoms with Crippen molar-refractivity contribution in [3.05, 3.63) is 67.2 Å². The molecule has 0 fully saturated rings.